The van der Waals surface area contributed by atoms with Crippen LogP contribution < -0.4 is 0 Å². The summed E-state index contributed by atoms with van der Waals surface area (Å²) in [6.07, 6.45) is 6.53. The Hall–Kier alpha value is -1.25. The quantitative estimate of drug-likeness (QED) is 0.688. The average molecular weight is 192 g/mol. The van der Waals surface area contributed by atoms with Crippen LogP contribution in [0.4, 0.5) is 0 Å². The van der Waals surface area contributed by atoms with Crippen molar-refractivity contribution in [3.05, 3.63) is 24.3 Å². The number of rotatable bonds is 4. The fraction of sp³-hybridized carbons (Fsp3) is 0.545. The summed E-state index contributed by atoms with van der Waals surface area (Å²) in [5.41, 5.74) is 0.135. The van der Waals surface area contributed by atoms with Crippen molar-refractivity contribution >= 4 is 5.78 Å². The van der Waals surface area contributed by atoms with Gasteiger partial charge in [0, 0.05) is 17.8 Å². The molecule has 0 spiro atoms. The fourth-order valence-corrected chi connectivity index (χ4v) is 1.50. The van der Waals surface area contributed by atoms with Crippen LogP contribution in [-0.4, -0.2) is 15.8 Å². The summed E-state index contributed by atoms with van der Waals surface area (Å²) in [4.78, 5) is 19.9. The van der Waals surface area contributed by atoms with E-state index in [-0.39, 0.29) is 11.2 Å². The van der Waals surface area contributed by atoms with Crippen molar-refractivity contribution in [2.24, 2.45) is 5.41 Å². The molecule has 1 heterocycles. The van der Waals surface area contributed by atoms with Crippen molar-refractivity contribution in [2.75, 3.05) is 0 Å². The van der Waals surface area contributed by atoms with Crippen LogP contribution in [0.3, 0.4) is 0 Å². The maximum atomic E-state index is 12.0. The van der Waals surface area contributed by atoms with Crippen molar-refractivity contribution in [3.63, 3.8) is 0 Å². The van der Waals surface area contributed by atoms with E-state index in [4.69, 9.17) is 0 Å². The number of ketones is 1. The summed E-state index contributed by atoms with van der Waals surface area (Å²) in [5.74, 6) is 0.0763. The minimum atomic E-state index is -0.329. The molecule has 0 aliphatic rings. The van der Waals surface area contributed by atoms with E-state index in [0.717, 1.165) is 12.8 Å². The number of carbonyl (C=O) groups excluding carboxylic acids is 1. The van der Waals surface area contributed by atoms with Gasteiger partial charge in [-0.05, 0) is 6.42 Å². The van der Waals surface area contributed by atoms with E-state index in [9.17, 15) is 4.79 Å². The highest BCUT2D eigenvalue weighted by Gasteiger charge is 2.28. The van der Waals surface area contributed by atoms with E-state index in [0.29, 0.717) is 5.69 Å². The Morgan fingerprint density at radius 2 is 2.14 bits per heavy atom. The van der Waals surface area contributed by atoms with Gasteiger partial charge in [-0.25, -0.2) is 4.98 Å². The number of carbonyl (C=O) groups is 1. The highest BCUT2D eigenvalue weighted by Crippen LogP contribution is 2.26. The van der Waals surface area contributed by atoms with Crippen LogP contribution in [0.2, 0.25) is 0 Å². The Morgan fingerprint density at radius 1 is 1.43 bits per heavy atom. The predicted octanol–water partition coefficient (Wildman–Crippen LogP) is 2.49. The molecule has 3 heteroatoms. The zero-order chi connectivity index (χ0) is 10.6. The van der Waals surface area contributed by atoms with Crippen LogP contribution in [0.25, 0.3) is 0 Å². The van der Waals surface area contributed by atoms with Crippen molar-refractivity contribution in [3.8, 4) is 0 Å². The Morgan fingerprint density at radius 3 is 2.64 bits per heavy atom. The summed E-state index contributed by atoms with van der Waals surface area (Å²) in [5, 5.41) is 0. The topological polar surface area (TPSA) is 42.9 Å². The average Bonchev–Trinajstić information content (AvgIpc) is 2.18. The molecule has 0 bridgehead atoms. The minimum absolute atomic E-state index is 0.0763. The first kappa shape index (κ1) is 10.8. The standard InChI is InChI=1S/C11H16N2O/c1-4-5-11(2,3)10(14)9-8-12-6-7-13-9/h6-8H,4-5H2,1-3H3. The van der Waals surface area contributed by atoms with Gasteiger partial charge in [0.05, 0.1) is 6.20 Å². The fourth-order valence-electron chi connectivity index (χ4n) is 1.50. The van der Waals surface area contributed by atoms with Crippen LogP contribution >= 0.6 is 0 Å². The normalized spacial score (nSPS) is 11.4. The van der Waals surface area contributed by atoms with Crippen LogP contribution in [0.1, 0.15) is 44.1 Å². The van der Waals surface area contributed by atoms with E-state index in [2.05, 4.69) is 16.9 Å². The summed E-state index contributed by atoms with van der Waals surface area (Å²) in [6.45, 7) is 5.98. The number of nitrogens with zero attached hydrogens (tertiary/aromatic N) is 2. The number of hydrogen-bond acceptors (Lipinski definition) is 3. The summed E-state index contributed by atoms with van der Waals surface area (Å²) in [7, 11) is 0. The van der Waals surface area contributed by atoms with Crippen LogP contribution in [0, 0.1) is 5.41 Å². The molecule has 0 unspecified atom stereocenters. The molecule has 0 radical (unpaired) electrons. The maximum absolute atomic E-state index is 12.0. The number of hydrogen-bond donors (Lipinski definition) is 0. The molecule has 0 amide bonds. The Kier molecular flexibility index (Phi) is 3.33. The molecule has 0 aliphatic heterocycles. The second-order valence-corrected chi connectivity index (χ2v) is 4.05. The predicted molar refractivity (Wildman–Crippen MR) is 55.1 cm³/mol. The first-order chi connectivity index (χ1) is 6.58. The largest absolute Gasteiger partial charge is 0.292 e. The van der Waals surface area contributed by atoms with E-state index < -0.39 is 0 Å². The van der Waals surface area contributed by atoms with Gasteiger partial charge in [0.2, 0.25) is 0 Å². The molecule has 0 aromatic carbocycles. The SMILES string of the molecule is CCCC(C)(C)C(=O)c1cnccn1. The lowest BCUT2D eigenvalue weighted by Crippen LogP contribution is -2.25. The molecular formula is C11H16N2O. The van der Waals surface area contributed by atoms with E-state index >= 15 is 0 Å². The molecule has 3 nitrogen and oxygen atoms in total. The minimum Gasteiger partial charge on any atom is -0.292 e. The molecule has 0 N–H and O–H groups in total. The van der Waals surface area contributed by atoms with Crippen molar-refractivity contribution in [2.45, 2.75) is 33.6 Å². The van der Waals surface area contributed by atoms with Crippen LogP contribution in [0.5, 0.6) is 0 Å². The first-order valence-corrected chi connectivity index (χ1v) is 4.88. The highest BCUT2D eigenvalue weighted by atomic mass is 16.1. The molecular weight excluding hydrogens is 176 g/mol. The second kappa shape index (κ2) is 4.31. The van der Waals surface area contributed by atoms with Gasteiger partial charge < -0.3 is 0 Å². The molecule has 0 saturated carbocycles. The zero-order valence-corrected chi connectivity index (χ0v) is 8.95. The smallest absolute Gasteiger partial charge is 0.188 e. The number of aromatic nitrogens is 2. The lowest BCUT2D eigenvalue weighted by atomic mass is 9.82. The summed E-state index contributed by atoms with van der Waals surface area (Å²) >= 11 is 0. The van der Waals surface area contributed by atoms with Gasteiger partial charge in [-0.3, -0.25) is 9.78 Å². The van der Waals surface area contributed by atoms with Crippen LogP contribution in [-0.2, 0) is 0 Å². The monoisotopic (exact) mass is 192 g/mol. The molecule has 1 aromatic rings. The highest BCUT2D eigenvalue weighted by molar-refractivity contribution is 5.98. The lowest BCUT2D eigenvalue weighted by molar-refractivity contribution is 0.0819. The van der Waals surface area contributed by atoms with Gasteiger partial charge in [-0.2, -0.15) is 0 Å². The molecule has 0 fully saturated rings. The maximum Gasteiger partial charge on any atom is 0.188 e. The molecule has 1 aromatic heterocycles. The van der Waals surface area contributed by atoms with Gasteiger partial charge in [-0.15, -0.1) is 0 Å². The lowest BCUT2D eigenvalue weighted by Gasteiger charge is -2.21. The third-order valence-electron chi connectivity index (χ3n) is 2.29. The van der Waals surface area contributed by atoms with E-state index in [1.807, 2.05) is 13.8 Å². The molecule has 0 aliphatic carbocycles. The Bertz CT molecular complexity index is 306. The van der Waals surface area contributed by atoms with Gasteiger partial charge in [0.15, 0.2) is 5.78 Å². The van der Waals surface area contributed by atoms with Crippen molar-refractivity contribution < 1.29 is 4.79 Å². The van der Waals surface area contributed by atoms with Gasteiger partial charge in [0.25, 0.3) is 0 Å². The van der Waals surface area contributed by atoms with Crippen molar-refractivity contribution in [1.82, 2.24) is 9.97 Å². The van der Waals surface area contributed by atoms with Crippen molar-refractivity contribution in [1.29, 1.82) is 0 Å². The first-order valence-electron chi connectivity index (χ1n) is 4.88. The van der Waals surface area contributed by atoms with E-state index in [1.165, 1.54) is 6.20 Å². The Balaban J connectivity index is 2.85. The third-order valence-corrected chi connectivity index (χ3v) is 2.29. The zero-order valence-electron chi connectivity index (χ0n) is 8.95. The number of Topliss-reactive ketones (excluding diaryl/α,β-unsaturated/α-hetero) is 1. The second-order valence-electron chi connectivity index (χ2n) is 4.05. The molecule has 14 heavy (non-hydrogen) atoms. The Labute approximate surface area is 84.6 Å². The molecule has 76 valence electrons. The van der Waals surface area contributed by atoms with Gasteiger partial charge in [0.1, 0.15) is 5.69 Å². The van der Waals surface area contributed by atoms with Crippen LogP contribution in [0.15, 0.2) is 18.6 Å². The van der Waals surface area contributed by atoms with Gasteiger partial charge in [-0.1, -0.05) is 27.2 Å². The van der Waals surface area contributed by atoms with E-state index in [1.54, 1.807) is 12.4 Å². The molecule has 0 atom stereocenters. The molecule has 1 rings (SSSR count). The third kappa shape index (κ3) is 2.37. The van der Waals surface area contributed by atoms with Gasteiger partial charge >= 0.3 is 0 Å². The molecule has 0 saturated heterocycles. The summed E-state index contributed by atoms with van der Waals surface area (Å²) in [6, 6.07) is 0. The summed E-state index contributed by atoms with van der Waals surface area (Å²) < 4.78 is 0.